The number of anilines is 1. The fraction of sp³-hybridized carbons (Fsp3) is 0. The number of hydrogen-bond donors (Lipinski definition) is 1. The van der Waals surface area contributed by atoms with E-state index in [4.69, 9.17) is 0 Å². The van der Waals surface area contributed by atoms with Crippen LogP contribution in [0.1, 0.15) is 10.4 Å². The number of carbonyl (C=O) groups is 1. The van der Waals surface area contributed by atoms with E-state index in [0.717, 1.165) is 27.5 Å². The predicted molar refractivity (Wildman–Crippen MR) is 107 cm³/mol. The summed E-state index contributed by atoms with van der Waals surface area (Å²) >= 11 is 0. The fourth-order valence-corrected chi connectivity index (χ4v) is 3.16. The van der Waals surface area contributed by atoms with E-state index in [2.05, 4.69) is 20.3 Å². The Bertz CT molecular complexity index is 1320. The van der Waals surface area contributed by atoms with Crippen LogP contribution >= 0.6 is 0 Å². The van der Waals surface area contributed by atoms with Crippen LogP contribution < -0.4 is 5.32 Å². The number of nitrogens with one attached hydrogen (secondary N) is 1. The number of amides is 1. The second-order valence-corrected chi connectivity index (χ2v) is 6.25. The van der Waals surface area contributed by atoms with Crippen LogP contribution in [0.25, 0.3) is 33.0 Å². The van der Waals surface area contributed by atoms with E-state index in [1.54, 1.807) is 18.3 Å². The monoisotopic (exact) mass is 350 g/mol. The minimum absolute atomic E-state index is 0.204. The van der Waals surface area contributed by atoms with Gasteiger partial charge in [0.05, 0.1) is 33.3 Å². The molecule has 0 spiro atoms. The lowest BCUT2D eigenvalue weighted by atomic mass is 10.1. The van der Waals surface area contributed by atoms with Crippen LogP contribution in [0.2, 0.25) is 0 Å². The van der Waals surface area contributed by atoms with Gasteiger partial charge in [0.15, 0.2) is 0 Å². The molecule has 0 aliphatic heterocycles. The lowest BCUT2D eigenvalue weighted by molar-refractivity contribution is 0.102. The molecule has 128 valence electrons. The molecular formula is C22H14N4O. The molecule has 0 aliphatic carbocycles. The zero-order chi connectivity index (χ0) is 18.2. The van der Waals surface area contributed by atoms with Crippen molar-refractivity contribution < 1.29 is 4.79 Å². The Hall–Kier alpha value is -3.86. The van der Waals surface area contributed by atoms with Crippen LogP contribution in [-0.4, -0.2) is 20.9 Å². The van der Waals surface area contributed by atoms with E-state index < -0.39 is 0 Å². The first kappa shape index (κ1) is 15.4. The van der Waals surface area contributed by atoms with E-state index in [1.807, 2.05) is 60.7 Å². The first-order valence-corrected chi connectivity index (χ1v) is 8.60. The molecule has 5 heteroatoms. The lowest BCUT2D eigenvalue weighted by Crippen LogP contribution is -2.12. The Morgan fingerprint density at radius 1 is 0.741 bits per heavy atom. The number of rotatable bonds is 2. The lowest BCUT2D eigenvalue weighted by Gasteiger charge is -2.08. The maximum atomic E-state index is 12.8. The molecule has 5 nitrogen and oxygen atoms in total. The summed E-state index contributed by atoms with van der Waals surface area (Å²) in [6.45, 7) is 0. The Balaban J connectivity index is 1.54. The second kappa shape index (κ2) is 6.14. The Morgan fingerprint density at radius 3 is 2.33 bits per heavy atom. The van der Waals surface area contributed by atoms with Gasteiger partial charge in [0.25, 0.3) is 5.91 Å². The van der Waals surface area contributed by atoms with Crippen LogP contribution in [0.3, 0.4) is 0 Å². The molecule has 0 saturated carbocycles. The van der Waals surface area contributed by atoms with Gasteiger partial charge in [-0.25, -0.2) is 9.97 Å². The summed E-state index contributed by atoms with van der Waals surface area (Å²) < 4.78 is 0. The van der Waals surface area contributed by atoms with Gasteiger partial charge >= 0.3 is 0 Å². The van der Waals surface area contributed by atoms with Crippen LogP contribution in [0.5, 0.6) is 0 Å². The number of nitrogens with zero attached hydrogens (tertiary/aromatic N) is 3. The summed E-state index contributed by atoms with van der Waals surface area (Å²) in [5, 5.41) is 3.93. The van der Waals surface area contributed by atoms with Crippen LogP contribution in [0.15, 0.2) is 79.0 Å². The van der Waals surface area contributed by atoms with Gasteiger partial charge < -0.3 is 5.32 Å². The molecule has 0 aliphatic rings. The summed E-state index contributed by atoms with van der Waals surface area (Å²) in [6, 6.07) is 22.6. The number of hydrogen-bond acceptors (Lipinski definition) is 4. The highest BCUT2D eigenvalue weighted by Gasteiger charge is 2.11. The van der Waals surface area contributed by atoms with Crippen LogP contribution in [0.4, 0.5) is 5.69 Å². The highest BCUT2D eigenvalue weighted by molar-refractivity contribution is 6.09. The van der Waals surface area contributed by atoms with Crippen LogP contribution in [0, 0.1) is 0 Å². The van der Waals surface area contributed by atoms with Gasteiger partial charge in [-0.1, -0.05) is 30.3 Å². The summed E-state index contributed by atoms with van der Waals surface area (Å²) in [5.41, 5.74) is 5.07. The van der Waals surface area contributed by atoms with Crippen molar-refractivity contribution in [3.63, 3.8) is 0 Å². The Morgan fingerprint density at radius 2 is 1.48 bits per heavy atom. The summed E-state index contributed by atoms with van der Waals surface area (Å²) in [4.78, 5) is 26.4. The van der Waals surface area contributed by atoms with E-state index in [-0.39, 0.29) is 5.91 Å². The fourth-order valence-electron chi connectivity index (χ4n) is 3.16. The zero-order valence-corrected chi connectivity index (χ0v) is 14.3. The molecule has 0 radical (unpaired) electrons. The smallest absolute Gasteiger partial charge is 0.255 e. The number of aromatic nitrogens is 3. The molecule has 27 heavy (non-hydrogen) atoms. The molecule has 5 aromatic rings. The molecule has 0 saturated heterocycles. The second-order valence-electron chi connectivity index (χ2n) is 6.25. The Kier molecular flexibility index (Phi) is 3.50. The van der Waals surface area contributed by atoms with E-state index in [9.17, 15) is 4.79 Å². The van der Waals surface area contributed by atoms with E-state index in [1.165, 1.54) is 0 Å². The normalized spacial score (nSPS) is 11.1. The standard InChI is InChI=1S/C22H14N4O/c27-22(26-19-9-3-5-14-6-4-12-23-21(14)19)15-10-11-18-20(13-15)25-17-8-2-1-7-16(17)24-18/h1-13H,(H,26,27). The van der Waals surface area contributed by atoms with Gasteiger partial charge in [0, 0.05) is 17.1 Å². The van der Waals surface area contributed by atoms with Gasteiger partial charge in [-0.3, -0.25) is 9.78 Å². The zero-order valence-electron chi connectivity index (χ0n) is 14.3. The maximum absolute atomic E-state index is 12.8. The Labute approximate surface area is 154 Å². The number of para-hydroxylation sites is 3. The van der Waals surface area contributed by atoms with Gasteiger partial charge in [0.2, 0.25) is 0 Å². The van der Waals surface area contributed by atoms with Crippen molar-refractivity contribution >= 4 is 44.6 Å². The van der Waals surface area contributed by atoms with Crippen molar-refractivity contribution in [3.05, 3.63) is 84.6 Å². The number of benzene rings is 3. The molecule has 1 amide bonds. The molecule has 0 fully saturated rings. The average Bonchev–Trinajstić information content (AvgIpc) is 2.72. The molecule has 5 rings (SSSR count). The minimum atomic E-state index is -0.204. The van der Waals surface area contributed by atoms with Crippen molar-refractivity contribution in [2.75, 3.05) is 5.32 Å². The first-order chi connectivity index (χ1) is 13.3. The SMILES string of the molecule is O=C(Nc1cccc2cccnc12)c1ccc2nc3ccccc3nc2c1. The molecule has 3 aromatic carbocycles. The highest BCUT2D eigenvalue weighted by atomic mass is 16.1. The van der Waals surface area contributed by atoms with Crippen molar-refractivity contribution in [1.29, 1.82) is 0 Å². The quantitative estimate of drug-likeness (QED) is 0.473. The first-order valence-electron chi connectivity index (χ1n) is 8.60. The molecule has 2 aromatic heterocycles. The van der Waals surface area contributed by atoms with Gasteiger partial charge in [-0.15, -0.1) is 0 Å². The molecule has 1 N–H and O–H groups in total. The highest BCUT2D eigenvalue weighted by Crippen LogP contribution is 2.22. The third kappa shape index (κ3) is 2.75. The molecule has 0 atom stereocenters. The maximum Gasteiger partial charge on any atom is 0.255 e. The molecule has 2 heterocycles. The predicted octanol–water partition coefficient (Wildman–Crippen LogP) is 4.58. The topological polar surface area (TPSA) is 67.8 Å². The van der Waals surface area contributed by atoms with E-state index >= 15 is 0 Å². The number of carbonyl (C=O) groups excluding carboxylic acids is 1. The van der Waals surface area contributed by atoms with Gasteiger partial charge in [-0.2, -0.15) is 0 Å². The minimum Gasteiger partial charge on any atom is -0.320 e. The summed E-state index contributed by atoms with van der Waals surface area (Å²) in [5.74, 6) is -0.204. The average molecular weight is 350 g/mol. The summed E-state index contributed by atoms with van der Waals surface area (Å²) in [6.07, 6.45) is 1.72. The van der Waals surface area contributed by atoms with Gasteiger partial charge in [-0.05, 0) is 42.5 Å². The number of fused-ring (bicyclic) bond motifs is 3. The molecule has 0 unspecified atom stereocenters. The molecule has 0 bridgehead atoms. The summed E-state index contributed by atoms with van der Waals surface area (Å²) in [7, 11) is 0. The van der Waals surface area contributed by atoms with Gasteiger partial charge in [0.1, 0.15) is 0 Å². The van der Waals surface area contributed by atoms with E-state index in [0.29, 0.717) is 16.8 Å². The number of pyridine rings is 1. The third-order valence-corrected chi connectivity index (χ3v) is 4.48. The largest absolute Gasteiger partial charge is 0.320 e. The van der Waals surface area contributed by atoms with Crippen LogP contribution in [-0.2, 0) is 0 Å². The van der Waals surface area contributed by atoms with Crippen molar-refractivity contribution in [3.8, 4) is 0 Å². The third-order valence-electron chi connectivity index (χ3n) is 4.48. The molecular weight excluding hydrogens is 336 g/mol. The van der Waals surface area contributed by atoms with Crippen molar-refractivity contribution in [2.45, 2.75) is 0 Å². The van der Waals surface area contributed by atoms with Crippen molar-refractivity contribution in [2.24, 2.45) is 0 Å². The van der Waals surface area contributed by atoms with Crippen molar-refractivity contribution in [1.82, 2.24) is 15.0 Å².